The van der Waals surface area contributed by atoms with Crippen LogP contribution in [0.4, 0.5) is 0 Å². The van der Waals surface area contributed by atoms with E-state index < -0.39 is 0 Å². The molecule has 3 heteroatoms. The van der Waals surface area contributed by atoms with Gasteiger partial charge < -0.3 is 9.47 Å². The molecule has 0 bridgehead atoms. The Labute approximate surface area is 164 Å². The van der Waals surface area contributed by atoms with E-state index >= 15 is 0 Å². The molecule has 4 aromatic carbocycles. The Balaban J connectivity index is 2.21. The number of rotatable bonds is 6. The van der Waals surface area contributed by atoms with Crippen molar-refractivity contribution in [2.24, 2.45) is 0 Å². The maximum atomic E-state index is 11.9. The predicted octanol–water partition coefficient (Wildman–Crippen LogP) is 5.77. The molecule has 0 spiro atoms. The Morgan fingerprint density at radius 3 is 2.07 bits per heavy atom. The SMILES string of the molecule is COCc1ccc2ccccc2c1-c1c(COC)c(C=O)cc2ccccc12. The molecule has 0 aromatic heterocycles. The van der Waals surface area contributed by atoms with Gasteiger partial charge in [0.15, 0.2) is 0 Å². The van der Waals surface area contributed by atoms with Gasteiger partial charge in [0.25, 0.3) is 0 Å². The molecule has 0 amide bonds. The Morgan fingerprint density at radius 2 is 1.39 bits per heavy atom. The normalized spacial score (nSPS) is 11.2. The van der Waals surface area contributed by atoms with Crippen LogP contribution in [0, 0.1) is 0 Å². The smallest absolute Gasteiger partial charge is 0.150 e. The molecular weight excluding hydrogens is 348 g/mol. The number of aldehydes is 1. The molecule has 0 N–H and O–H groups in total. The summed E-state index contributed by atoms with van der Waals surface area (Å²) >= 11 is 0. The van der Waals surface area contributed by atoms with Gasteiger partial charge >= 0.3 is 0 Å². The first-order valence-corrected chi connectivity index (χ1v) is 9.27. The van der Waals surface area contributed by atoms with Gasteiger partial charge in [-0.3, -0.25) is 4.79 Å². The van der Waals surface area contributed by atoms with E-state index in [-0.39, 0.29) is 0 Å². The molecule has 0 heterocycles. The minimum atomic E-state index is 0.365. The lowest BCUT2D eigenvalue weighted by Crippen LogP contribution is -2.03. The lowest BCUT2D eigenvalue weighted by molar-refractivity contribution is 0.111. The monoisotopic (exact) mass is 370 g/mol. The van der Waals surface area contributed by atoms with E-state index in [2.05, 4.69) is 30.3 Å². The van der Waals surface area contributed by atoms with Crippen molar-refractivity contribution in [3.63, 3.8) is 0 Å². The van der Waals surface area contributed by atoms with Crippen LogP contribution in [0.3, 0.4) is 0 Å². The number of methoxy groups -OCH3 is 2. The second-order valence-corrected chi connectivity index (χ2v) is 6.85. The molecule has 4 rings (SSSR count). The Kier molecular flexibility index (Phi) is 5.20. The molecule has 0 atom stereocenters. The van der Waals surface area contributed by atoms with Gasteiger partial charge in [-0.2, -0.15) is 0 Å². The zero-order valence-corrected chi connectivity index (χ0v) is 16.1. The Hall–Kier alpha value is -3.01. The number of carbonyl (C=O) groups is 1. The van der Waals surface area contributed by atoms with Gasteiger partial charge in [0.2, 0.25) is 0 Å². The summed E-state index contributed by atoms with van der Waals surface area (Å²) in [6.07, 6.45) is 0.922. The van der Waals surface area contributed by atoms with E-state index in [1.165, 1.54) is 0 Å². The standard InChI is InChI=1S/C25H22O3/c1-27-15-19-12-11-17-7-3-5-9-21(17)24(19)25-22-10-6-4-8-18(22)13-20(14-26)23(25)16-28-2/h3-14H,15-16H2,1-2H3. The van der Waals surface area contributed by atoms with Gasteiger partial charge in [0.1, 0.15) is 6.29 Å². The third-order valence-electron chi connectivity index (χ3n) is 5.17. The van der Waals surface area contributed by atoms with Gasteiger partial charge in [-0.15, -0.1) is 0 Å². The molecule has 0 aliphatic heterocycles. The molecule has 0 aliphatic carbocycles. The van der Waals surface area contributed by atoms with Crippen molar-refractivity contribution in [2.45, 2.75) is 13.2 Å². The van der Waals surface area contributed by atoms with Crippen LogP contribution in [0.1, 0.15) is 21.5 Å². The lowest BCUT2D eigenvalue weighted by Gasteiger charge is -2.20. The number of benzene rings is 4. The summed E-state index contributed by atoms with van der Waals surface area (Å²) < 4.78 is 11.0. The summed E-state index contributed by atoms with van der Waals surface area (Å²) in [4.78, 5) is 11.9. The zero-order chi connectivity index (χ0) is 19.5. The van der Waals surface area contributed by atoms with E-state index in [0.29, 0.717) is 18.8 Å². The van der Waals surface area contributed by atoms with Crippen molar-refractivity contribution in [3.8, 4) is 11.1 Å². The van der Waals surface area contributed by atoms with Gasteiger partial charge in [-0.25, -0.2) is 0 Å². The van der Waals surface area contributed by atoms with Crippen molar-refractivity contribution >= 4 is 27.8 Å². The van der Waals surface area contributed by atoms with Crippen LogP contribution in [-0.4, -0.2) is 20.5 Å². The van der Waals surface area contributed by atoms with Gasteiger partial charge in [-0.1, -0.05) is 60.7 Å². The van der Waals surface area contributed by atoms with Crippen molar-refractivity contribution in [1.29, 1.82) is 0 Å². The molecule has 0 aliphatic rings. The second kappa shape index (κ2) is 7.93. The first-order valence-electron chi connectivity index (χ1n) is 9.27. The Morgan fingerprint density at radius 1 is 0.750 bits per heavy atom. The highest BCUT2D eigenvalue weighted by Gasteiger charge is 2.19. The average Bonchev–Trinajstić information content (AvgIpc) is 2.74. The second-order valence-electron chi connectivity index (χ2n) is 6.85. The molecule has 28 heavy (non-hydrogen) atoms. The molecule has 3 nitrogen and oxygen atoms in total. The topological polar surface area (TPSA) is 35.5 Å². The minimum absolute atomic E-state index is 0.365. The third-order valence-corrected chi connectivity index (χ3v) is 5.17. The highest BCUT2D eigenvalue weighted by Crippen LogP contribution is 2.40. The minimum Gasteiger partial charge on any atom is -0.380 e. The van der Waals surface area contributed by atoms with Crippen LogP contribution in [0.15, 0.2) is 66.7 Å². The summed E-state index contributed by atoms with van der Waals surface area (Å²) in [5.74, 6) is 0. The largest absolute Gasteiger partial charge is 0.380 e. The van der Waals surface area contributed by atoms with Crippen molar-refractivity contribution in [1.82, 2.24) is 0 Å². The summed E-state index contributed by atoms with van der Waals surface area (Å²) in [5.41, 5.74) is 4.81. The van der Waals surface area contributed by atoms with Crippen LogP contribution in [0.2, 0.25) is 0 Å². The van der Waals surface area contributed by atoms with Crippen molar-refractivity contribution < 1.29 is 14.3 Å². The van der Waals surface area contributed by atoms with Gasteiger partial charge in [-0.05, 0) is 49.9 Å². The maximum Gasteiger partial charge on any atom is 0.150 e. The quantitative estimate of drug-likeness (QED) is 0.405. The van der Waals surface area contributed by atoms with Gasteiger partial charge in [0.05, 0.1) is 13.2 Å². The fourth-order valence-electron chi connectivity index (χ4n) is 3.99. The molecule has 0 fully saturated rings. The van der Waals surface area contributed by atoms with Crippen LogP contribution in [-0.2, 0) is 22.7 Å². The van der Waals surface area contributed by atoms with Crippen LogP contribution in [0.25, 0.3) is 32.7 Å². The molecule has 0 unspecified atom stereocenters. The van der Waals surface area contributed by atoms with E-state index in [9.17, 15) is 4.79 Å². The van der Waals surface area contributed by atoms with E-state index in [4.69, 9.17) is 9.47 Å². The van der Waals surface area contributed by atoms with Crippen LogP contribution >= 0.6 is 0 Å². The van der Waals surface area contributed by atoms with E-state index in [0.717, 1.165) is 50.1 Å². The number of ether oxygens (including phenoxy) is 2. The van der Waals surface area contributed by atoms with Crippen LogP contribution in [0.5, 0.6) is 0 Å². The molecule has 4 aromatic rings. The number of carbonyl (C=O) groups excluding carboxylic acids is 1. The highest BCUT2D eigenvalue weighted by atomic mass is 16.5. The number of hydrogen-bond donors (Lipinski definition) is 0. The molecule has 0 radical (unpaired) electrons. The predicted molar refractivity (Wildman–Crippen MR) is 114 cm³/mol. The maximum absolute atomic E-state index is 11.9. The average molecular weight is 370 g/mol. The number of hydrogen-bond acceptors (Lipinski definition) is 3. The fourth-order valence-corrected chi connectivity index (χ4v) is 3.99. The number of fused-ring (bicyclic) bond motifs is 2. The zero-order valence-electron chi connectivity index (χ0n) is 16.1. The first-order chi connectivity index (χ1) is 13.8. The van der Waals surface area contributed by atoms with E-state index in [1.54, 1.807) is 14.2 Å². The summed E-state index contributed by atoms with van der Waals surface area (Å²) in [5, 5.41) is 4.44. The van der Waals surface area contributed by atoms with Crippen molar-refractivity contribution in [2.75, 3.05) is 14.2 Å². The van der Waals surface area contributed by atoms with Crippen molar-refractivity contribution in [3.05, 3.63) is 83.4 Å². The molecule has 0 saturated heterocycles. The fraction of sp³-hybridized carbons (Fsp3) is 0.160. The molecular formula is C25H22O3. The lowest BCUT2D eigenvalue weighted by atomic mass is 9.85. The molecule has 0 saturated carbocycles. The summed E-state index contributed by atoms with van der Waals surface area (Å²) in [7, 11) is 3.36. The third kappa shape index (κ3) is 3.09. The Bertz CT molecular complexity index is 1160. The summed E-state index contributed by atoms with van der Waals surface area (Å²) in [6.45, 7) is 0.857. The van der Waals surface area contributed by atoms with Gasteiger partial charge in [0, 0.05) is 19.8 Å². The highest BCUT2D eigenvalue weighted by molar-refractivity contribution is 6.09. The molecule has 140 valence electrons. The first kappa shape index (κ1) is 18.4. The van der Waals surface area contributed by atoms with E-state index in [1.807, 2.05) is 36.4 Å². The summed E-state index contributed by atoms with van der Waals surface area (Å²) in [6, 6.07) is 22.7. The van der Waals surface area contributed by atoms with Crippen LogP contribution < -0.4 is 0 Å².